The third-order valence-corrected chi connectivity index (χ3v) is 5.61. The molecule has 4 atom stereocenters. The maximum atomic E-state index is 11.9. The number of fused-ring (bicyclic) bond motifs is 2. The third kappa shape index (κ3) is 1.12. The number of hydrogen-bond acceptors (Lipinski definition) is 3. The van der Waals surface area contributed by atoms with Gasteiger partial charge in [-0.1, -0.05) is 0 Å². The van der Waals surface area contributed by atoms with Gasteiger partial charge in [0.2, 0.25) is 0 Å². The first kappa shape index (κ1) is 12.2. The van der Waals surface area contributed by atoms with E-state index < -0.39 is 23.1 Å². The Morgan fingerprint density at radius 2 is 2.10 bits per heavy atom. The molecule has 3 saturated carbocycles. The first-order chi connectivity index (χ1) is 9.21. The fourth-order valence-electron chi connectivity index (χ4n) is 5.09. The highest BCUT2D eigenvalue weighted by molar-refractivity contribution is 5.91. The van der Waals surface area contributed by atoms with Gasteiger partial charge in [0.25, 0.3) is 0 Å². The van der Waals surface area contributed by atoms with Crippen molar-refractivity contribution in [3.63, 3.8) is 0 Å². The highest BCUT2D eigenvalue weighted by Gasteiger charge is 2.90. The molecule has 4 unspecified atom stereocenters. The standard InChI is InChI=1S/C15H19NO4/c1-13(2,3)20-12(19)16-10-7-4-8-9(10)15(11(17)18)6-14(8,15)5-7/h7-8H,4-6H2,1-3H3,(H,16,19)(H,17,18). The molecule has 0 aliphatic heterocycles. The average Bonchev–Trinajstić information content (AvgIpc) is 2.50. The van der Waals surface area contributed by atoms with Crippen LogP contribution in [0.5, 0.6) is 0 Å². The summed E-state index contributed by atoms with van der Waals surface area (Å²) in [5, 5.41) is 12.4. The van der Waals surface area contributed by atoms with E-state index in [4.69, 9.17) is 4.74 Å². The van der Waals surface area contributed by atoms with Crippen LogP contribution in [0.3, 0.4) is 0 Å². The summed E-state index contributed by atoms with van der Waals surface area (Å²) in [6.45, 7) is 5.46. The van der Waals surface area contributed by atoms with Crippen LogP contribution in [0.1, 0.15) is 40.0 Å². The lowest BCUT2D eigenvalue weighted by Crippen LogP contribution is -2.46. The van der Waals surface area contributed by atoms with Gasteiger partial charge in [0.15, 0.2) is 0 Å². The van der Waals surface area contributed by atoms with Gasteiger partial charge in [-0.3, -0.25) is 10.1 Å². The molecule has 0 radical (unpaired) electrons. The fourth-order valence-corrected chi connectivity index (χ4v) is 5.09. The van der Waals surface area contributed by atoms with Gasteiger partial charge in [0.05, 0.1) is 5.41 Å². The minimum absolute atomic E-state index is 0.0396. The Morgan fingerprint density at radius 3 is 2.65 bits per heavy atom. The summed E-state index contributed by atoms with van der Waals surface area (Å²) in [6.07, 6.45) is 2.23. The van der Waals surface area contributed by atoms with E-state index in [2.05, 4.69) is 5.32 Å². The van der Waals surface area contributed by atoms with Gasteiger partial charge in [-0.25, -0.2) is 4.79 Å². The van der Waals surface area contributed by atoms with Crippen LogP contribution in [0.15, 0.2) is 11.3 Å². The van der Waals surface area contributed by atoms with Crippen LogP contribution < -0.4 is 5.32 Å². The number of carbonyl (C=O) groups is 2. The molecule has 4 rings (SSSR count). The van der Waals surface area contributed by atoms with Crippen molar-refractivity contribution in [2.75, 3.05) is 0 Å². The number of nitrogens with one attached hydrogen (secondary N) is 1. The number of carboxylic acids is 1. The number of carboxylic acid groups (broad SMARTS) is 1. The van der Waals surface area contributed by atoms with Gasteiger partial charge >= 0.3 is 12.1 Å². The topological polar surface area (TPSA) is 75.6 Å². The summed E-state index contributed by atoms with van der Waals surface area (Å²) < 4.78 is 5.28. The molecule has 108 valence electrons. The summed E-state index contributed by atoms with van der Waals surface area (Å²) >= 11 is 0. The van der Waals surface area contributed by atoms with Gasteiger partial charge in [-0.05, 0) is 56.9 Å². The van der Waals surface area contributed by atoms with Crippen LogP contribution in [0.2, 0.25) is 0 Å². The number of carbonyl (C=O) groups excluding carboxylic acids is 1. The molecule has 5 heteroatoms. The summed E-state index contributed by atoms with van der Waals surface area (Å²) in [5.74, 6) is 0.0126. The maximum Gasteiger partial charge on any atom is 0.411 e. The van der Waals surface area contributed by atoms with E-state index in [0.29, 0.717) is 11.8 Å². The van der Waals surface area contributed by atoms with E-state index in [-0.39, 0.29) is 5.41 Å². The summed E-state index contributed by atoms with van der Waals surface area (Å²) in [4.78, 5) is 23.5. The van der Waals surface area contributed by atoms with Gasteiger partial charge in [0.1, 0.15) is 5.60 Å². The van der Waals surface area contributed by atoms with Gasteiger partial charge < -0.3 is 9.84 Å². The molecular weight excluding hydrogens is 258 g/mol. The molecule has 20 heavy (non-hydrogen) atoms. The van der Waals surface area contributed by atoms with Crippen molar-refractivity contribution in [2.45, 2.75) is 45.6 Å². The van der Waals surface area contributed by atoms with E-state index in [1.54, 1.807) is 0 Å². The number of amides is 1. The molecule has 1 amide bonds. The van der Waals surface area contributed by atoms with Crippen LogP contribution >= 0.6 is 0 Å². The minimum Gasteiger partial charge on any atom is -0.481 e. The second-order valence-corrected chi connectivity index (χ2v) is 7.69. The zero-order chi connectivity index (χ0) is 14.5. The first-order valence-electron chi connectivity index (χ1n) is 7.19. The lowest BCUT2D eigenvalue weighted by molar-refractivity contribution is -0.146. The molecule has 0 aromatic heterocycles. The first-order valence-corrected chi connectivity index (χ1v) is 7.19. The summed E-state index contributed by atoms with van der Waals surface area (Å²) in [7, 11) is 0. The molecule has 5 nitrogen and oxygen atoms in total. The normalized spacial score (nSPS) is 43.0. The smallest absolute Gasteiger partial charge is 0.411 e. The molecule has 0 heterocycles. The third-order valence-electron chi connectivity index (χ3n) is 5.61. The number of alkyl carbamates (subject to hydrolysis) is 1. The molecule has 1 spiro atoms. The Morgan fingerprint density at radius 1 is 1.40 bits per heavy atom. The number of ether oxygens (including phenoxy) is 1. The van der Waals surface area contributed by atoms with Crippen molar-refractivity contribution in [1.29, 1.82) is 0 Å². The Balaban J connectivity index is 1.61. The second-order valence-electron chi connectivity index (χ2n) is 7.69. The van der Waals surface area contributed by atoms with E-state index in [9.17, 15) is 14.7 Å². The predicted octanol–water partition coefficient (Wildman–Crippen LogP) is 2.28. The molecule has 2 N–H and O–H groups in total. The Labute approximate surface area is 117 Å². The monoisotopic (exact) mass is 277 g/mol. The molecule has 2 bridgehead atoms. The molecule has 0 saturated heterocycles. The molecule has 4 aliphatic carbocycles. The second kappa shape index (κ2) is 3.05. The number of aliphatic carboxylic acids is 1. The predicted molar refractivity (Wildman–Crippen MR) is 69.7 cm³/mol. The summed E-state index contributed by atoms with van der Waals surface area (Å²) in [5.41, 5.74) is 0.700. The molecule has 4 aliphatic rings. The van der Waals surface area contributed by atoms with Crippen molar-refractivity contribution in [2.24, 2.45) is 22.7 Å². The summed E-state index contributed by atoms with van der Waals surface area (Å²) in [6, 6.07) is 0. The number of hydrogen-bond donors (Lipinski definition) is 2. The van der Waals surface area contributed by atoms with E-state index in [0.717, 1.165) is 30.5 Å². The minimum atomic E-state index is -0.715. The van der Waals surface area contributed by atoms with Crippen LogP contribution in [0.4, 0.5) is 4.79 Å². The van der Waals surface area contributed by atoms with Crippen LogP contribution in [0.25, 0.3) is 0 Å². The molecular formula is C15H19NO4. The van der Waals surface area contributed by atoms with Gasteiger partial charge in [-0.2, -0.15) is 0 Å². The number of rotatable bonds is 2. The van der Waals surface area contributed by atoms with Crippen molar-refractivity contribution < 1.29 is 19.4 Å². The number of allylic oxidation sites excluding steroid dienone is 1. The quantitative estimate of drug-likeness (QED) is 0.812. The van der Waals surface area contributed by atoms with Crippen LogP contribution in [-0.2, 0) is 9.53 Å². The Hall–Kier alpha value is -1.52. The Bertz CT molecular complexity index is 587. The van der Waals surface area contributed by atoms with Crippen molar-refractivity contribution >= 4 is 12.1 Å². The van der Waals surface area contributed by atoms with E-state index >= 15 is 0 Å². The van der Waals surface area contributed by atoms with Crippen molar-refractivity contribution in [3.05, 3.63) is 11.3 Å². The largest absolute Gasteiger partial charge is 0.481 e. The van der Waals surface area contributed by atoms with E-state index in [1.165, 1.54) is 0 Å². The Kier molecular flexibility index (Phi) is 1.86. The van der Waals surface area contributed by atoms with Crippen molar-refractivity contribution in [1.82, 2.24) is 5.32 Å². The van der Waals surface area contributed by atoms with Crippen LogP contribution in [0, 0.1) is 22.7 Å². The average molecular weight is 277 g/mol. The van der Waals surface area contributed by atoms with Crippen LogP contribution in [-0.4, -0.2) is 22.8 Å². The fraction of sp³-hybridized carbons (Fsp3) is 0.733. The molecule has 3 fully saturated rings. The SMILES string of the molecule is CC(C)(C)OC(=O)NC1=C2C3CC1CC31CC21C(=O)O. The van der Waals surface area contributed by atoms with Gasteiger partial charge in [0, 0.05) is 11.6 Å². The maximum absolute atomic E-state index is 11.9. The lowest BCUT2D eigenvalue weighted by atomic mass is 9.60. The lowest BCUT2D eigenvalue weighted by Gasteiger charge is -2.43. The van der Waals surface area contributed by atoms with E-state index in [1.807, 2.05) is 20.8 Å². The zero-order valence-corrected chi connectivity index (χ0v) is 11.9. The van der Waals surface area contributed by atoms with Crippen molar-refractivity contribution in [3.8, 4) is 0 Å². The van der Waals surface area contributed by atoms with Gasteiger partial charge in [-0.15, -0.1) is 0 Å². The highest BCUT2D eigenvalue weighted by atomic mass is 16.6. The highest BCUT2D eigenvalue weighted by Crippen LogP contribution is 2.92. The molecule has 0 aromatic rings. The zero-order valence-electron chi connectivity index (χ0n) is 11.9. The molecule has 0 aromatic carbocycles.